The Morgan fingerprint density at radius 2 is 1.75 bits per heavy atom. The summed E-state index contributed by atoms with van der Waals surface area (Å²) in [5, 5.41) is 13.7. The Kier molecular flexibility index (Phi) is 9.54. The zero-order valence-corrected chi connectivity index (χ0v) is 24.9. The molecular formula is C30H33ClF3N5O5. The van der Waals surface area contributed by atoms with E-state index in [2.05, 4.69) is 10.00 Å². The van der Waals surface area contributed by atoms with Crippen LogP contribution in [0.25, 0.3) is 11.1 Å². The number of carboxylic acids is 1. The van der Waals surface area contributed by atoms with Crippen LogP contribution < -0.4 is 9.80 Å². The molecule has 0 radical (unpaired) electrons. The molecule has 0 saturated carbocycles. The predicted molar refractivity (Wildman–Crippen MR) is 159 cm³/mol. The maximum Gasteiger partial charge on any atom is 0.433 e. The molecule has 2 aromatic carbocycles. The van der Waals surface area contributed by atoms with Crippen molar-refractivity contribution in [3.8, 4) is 11.1 Å². The average Bonchev–Trinajstić information content (AvgIpc) is 3.48. The van der Waals surface area contributed by atoms with Crippen LogP contribution in [0.2, 0.25) is 5.02 Å². The van der Waals surface area contributed by atoms with E-state index in [1.54, 1.807) is 24.1 Å². The molecule has 2 saturated heterocycles. The number of carbonyl (C=O) groups excluding carboxylic acids is 1. The van der Waals surface area contributed by atoms with Crippen molar-refractivity contribution in [3.63, 3.8) is 0 Å². The molecule has 3 aromatic rings. The van der Waals surface area contributed by atoms with E-state index in [-0.39, 0.29) is 19.2 Å². The van der Waals surface area contributed by atoms with Gasteiger partial charge in [-0.3, -0.25) is 4.68 Å². The molecule has 2 aliphatic heterocycles. The molecule has 5 rings (SSSR count). The van der Waals surface area contributed by atoms with E-state index in [0.29, 0.717) is 57.2 Å². The number of aromatic carboxylic acids is 1. The lowest BCUT2D eigenvalue weighted by Gasteiger charge is -2.36. The number of benzene rings is 2. The van der Waals surface area contributed by atoms with E-state index in [9.17, 15) is 27.9 Å². The number of amides is 1. The van der Waals surface area contributed by atoms with Gasteiger partial charge < -0.3 is 29.3 Å². The molecule has 14 heteroatoms. The maximum atomic E-state index is 13.9. The zero-order chi connectivity index (χ0) is 31.4. The first kappa shape index (κ1) is 31.5. The molecule has 1 atom stereocenters. The molecule has 1 N–H and O–H groups in total. The minimum Gasteiger partial charge on any atom is -0.478 e. The van der Waals surface area contributed by atoms with Gasteiger partial charge in [0, 0.05) is 68.3 Å². The van der Waals surface area contributed by atoms with Crippen molar-refractivity contribution >= 4 is 35.0 Å². The number of nitrogens with zero attached hydrogens (tertiary/aromatic N) is 5. The first-order valence-corrected chi connectivity index (χ1v) is 14.6. The maximum absolute atomic E-state index is 13.9. The van der Waals surface area contributed by atoms with Gasteiger partial charge in [-0.15, -0.1) is 0 Å². The zero-order valence-electron chi connectivity index (χ0n) is 24.1. The SMILES string of the molecule is COCCOC(=O)N1CCN(c2ccc(-c3ccc(Cl)cc3N3CCCC(n4ncc(C(=O)O)c4C(F)(F)F)C3)cc2)CC1. The van der Waals surface area contributed by atoms with E-state index in [1.165, 1.54) is 0 Å². The largest absolute Gasteiger partial charge is 0.478 e. The van der Waals surface area contributed by atoms with E-state index in [4.69, 9.17) is 21.1 Å². The molecule has 2 fully saturated rings. The van der Waals surface area contributed by atoms with Crippen LogP contribution >= 0.6 is 11.6 Å². The van der Waals surface area contributed by atoms with Gasteiger partial charge in [-0.1, -0.05) is 29.8 Å². The van der Waals surface area contributed by atoms with Crippen molar-refractivity contribution in [1.29, 1.82) is 0 Å². The molecule has 1 aromatic heterocycles. The van der Waals surface area contributed by atoms with Crippen LogP contribution in [0.3, 0.4) is 0 Å². The van der Waals surface area contributed by atoms with Crippen LogP contribution in [0.15, 0.2) is 48.7 Å². The van der Waals surface area contributed by atoms with Gasteiger partial charge in [0.1, 0.15) is 12.2 Å². The third kappa shape index (κ3) is 6.88. The quantitative estimate of drug-likeness (QED) is 0.316. The van der Waals surface area contributed by atoms with Crippen LogP contribution in [-0.4, -0.2) is 91.4 Å². The number of alkyl halides is 3. The summed E-state index contributed by atoms with van der Waals surface area (Å²) in [7, 11) is 1.55. The number of anilines is 2. The summed E-state index contributed by atoms with van der Waals surface area (Å²) in [4.78, 5) is 29.6. The molecular weight excluding hydrogens is 603 g/mol. The highest BCUT2D eigenvalue weighted by Gasteiger charge is 2.42. The average molecular weight is 636 g/mol. The Hall–Kier alpha value is -3.97. The number of rotatable bonds is 8. The van der Waals surface area contributed by atoms with Gasteiger partial charge >= 0.3 is 18.2 Å². The number of ether oxygens (including phenoxy) is 2. The van der Waals surface area contributed by atoms with E-state index in [1.807, 2.05) is 35.2 Å². The number of methoxy groups -OCH3 is 1. The van der Waals surface area contributed by atoms with Gasteiger partial charge in [0.05, 0.1) is 18.8 Å². The number of hydrogen-bond donors (Lipinski definition) is 1. The number of carbonyl (C=O) groups is 2. The van der Waals surface area contributed by atoms with Crippen LogP contribution in [-0.2, 0) is 15.7 Å². The highest BCUT2D eigenvalue weighted by molar-refractivity contribution is 6.31. The molecule has 44 heavy (non-hydrogen) atoms. The number of hydrogen-bond acceptors (Lipinski definition) is 7. The molecule has 0 aliphatic carbocycles. The second kappa shape index (κ2) is 13.3. The number of aromatic nitrogens is 2. The Bertz CT molecular complexity index is 1470. The lowest BCUT2D eigenvalue weighted by Crippen LogP contribution is -2.49. The van der Waals surface area contributed by atoms with Crippen molar-refractivity contribution < 1.29 is 37.3 Å². The third-order valence-electron chi connectivity index (χ3n) is 7.93. The lowest BCUT2D eigenvalue weighted by atomic mass is 9.99. The number of carboxylic acid groups (broad SMARTS) is 1. The third-order valence-corrected chi connectivity index (χ3v) is 8.17. The van der Waals surface area contributed by atoms with Crippen molar-refractivity contribution in [1.82, 2.24) is 14.7 Å². The summed E-state index contributed by atoms with van der Waals surface area (Å²) < 4.78 is 52.7. The minimum atomic E-state index is -4.87. The van der Waals surface area contributed by atoms with Crippen LogP contribution in [0.5, 0.6) is 0 Å². The predicted octanol–water partition coefficient (Wildman–Crippen LogP) is 5.67. The van der Waals surface area contributed by atoms with Gasteiger partial charge in [0.25, 0.3) is 0 Å². The van der Waals surface area contributed by atoms with Crippen LogP contribution in [0, 0.1) is 0 Å². The van der Waals surface area contributed by atoms with Gasteiger partial charge in [0.15, 0.2) is 5.69 Å². The normalized spacial score (nSPS) is 17.6. The second-order valence-electron chi connectivity index (χ2n) is 10.7. The first-order valence-electron chi connectivity index (χ1n) is 14.3. The minimum absolute atomic E-state index is 0.202. The number of halogens is 4. The van der Waals surface area contributed by atoms with Crippen molar-refractivity contribution in [3.05, 3.63) is 64.9 Å². The van der Waals surface area contributed by atoms with Crippen LogP contribution in [0.1, 0.15) is 34.9 Å². The fourth-order valence-corrected chi connectivity index (χ4v) is 5.93. The molecule has 10 nitrogen and oxygen atoms in total. The smallest absolute Gasteiger partial charge is 0.433 e. The molecule has 236 valence electrons. The van der Waals surface area contributed by atoms with Crippen molar-refractivity contribution in [2.75, 3.05) is 69.4 Å². The van der Waals surface area contributed by atoms with Crippen molar-refractivity contribution in [2.24, 2.45) is 0 Å². The highest BCUT2D eigenvalue weighted by Crippen LogP contribution is 2.39. The molecule has 1 amide bonds. The van der Waals surface area contributed by atoms with Gasteiger partial charge in [-0.25, -0.2) is 9.59 Å². The van der Waals surface area contributed by atoms with Crippen molar-refractivity contribution in [2.45, 2.75) is 25.1 Å². The van der Waals surface area contributed by atoms with E-state index >= 15 is 0 Å². The summed E-state index contributed by atoms with van der Waals surface area (Å²) in [6.07, 6.45) is -3.44. The van der Waals surface area contributed by atoms with E-state index < -0.39 is 29.4 Å². The summed E-state index contributed by atoms with van der Waals surface area (Å²) in [5.74, 6) is -1.67. The lowest BCUT2D eigenvalue weighted by molar-refractivity contribution is -0.145. The molecule has 0 bridgehead atoms. The summed E-state index contributed by atoms with van der Waals surface area (Å²) >= 11 is 6.39. The number of piperidine rings is 1. The Labute approximate surface area is 257 Å². The standard InChI is InChI=1S/C30H33ClF3N5O5/c1-43-15-16-44-29(42)37-13-11-36(12-14-37)22-7-4-20(5-8-22)24-9-6-21(31)17-26(24)38-10-2-3-23(19-38)39-27(30(32,33)34)25(18-35-39)28(40)41/h4-9,17-18,23H,2-3,10-16,19H2,1H3,(H,40,41). The van der Waals surface area contributed by atoms with Gasteiger partial charge in [0.2, 0.25) is 0 Å². The Morgan fingerprint density at radius 3 is 2.41 bits per heavy atom. The monoisotopic (exact) mass is 635 g/mol. The summed E-state index contributed by atoms with van der Waals surface area (Å²) in [6, 6.07) is 12.8. The van der Waals surface area contributed by atoms with Gasteiger partial charge in [-0.05, 0) is 42.7 Å². The fourth-order valence-electron chi connectivity index (χ4n) is 5.76. The Morgan fingerprint density at radius 1 is 1.02 bits per heavy atom. The first-order chi connectivity index (χ1) is 21.1. The number of piperazine rings is 1. The topological polar surface area (TPSA) is 100 Å². The summed E-state index contributed by atoms with van der Waals surface area (Å²) in [6.45, 7) is 3.72. The second-order valence-corrected chi connectivity index (χ2v) is 11.1. The Balaban J connectivity index is 1.32. The molecule has 3 heterocycles. The molecule has 0 spiro atoms. The highest BCUT2D eigenvalue weighted by atomic mass is 35.5. The van der Waals surface area contributed by atoms with E-state index in [0.717, 1.165) is 33.4 Å². The molecule has 1 unspecified atom stereocenters. The van der Waals surface area contributed by atoms with Crippen LogP contribution in [0.4, 0.5) is 29.3 Å². The summed E-state index contributed by atoms with van der Waals surface area (Å²) in [5.41, 5.74) is 1.44. The fraction of sp³-hybridized carbons (Fsp3) is 0.433. The van der Waals surface area contributed by atoms with Gasteiger partial charge in [-0.2, -0.15) is 18.3 Å². The molecule has 2 aliphatic rings.